The minimum absolute atomic E-state index is 0.00170. The number of carbonyl (C=O) groups excluding carboxylic acids is 3. The van der Waals surface area contributed by atoms with E-state index < -0.39 is 17.5 Å². The van der Waals surface area contributed by atoms with E-state index in [1.54, 1.807) is 18.2 Å². The average Bonchev–Trinajstić information content (AvgIpc) is 3.42. The van der Waals surface area contributed by atoms with Crippen LogP contribution in [-0.4, -0.2) is 40.0 Å². The second-order valence-corrected chi connectivity index (χ2v) is 6.75. The Kier molecular flexibility index (Phi) is 4.43. The number of ether oxygens (including phenoxy) is 1. The first-order valence-electron chi connectivity index (χ1n) is 8.87. The summed E-state index contributed by atoms with van der Waals surface area (Å²) >= 11 is 0. The second-order valence-electron chi connectivity index (χ2n) is 6.75. The highest BCUT2D eigenvalue weighted by Crippen LogP contribution is 2.35. The third kappa shape index (κ3) is 3.32. The topological polar surface area (TPSA) is 115 Å². The van der Waals surface area contributed by atoms with E-state index in [9.17, 15) is 14.4 Å². The number of hydrogen-bond acceptors (Lipinski definition) is 7. The second kappa shape index (κ2) is 6.90. The molecule has 0 bridgehead atoms. The first-order valence-corrected chi connectivity index (χ1v) is 8.87. The zero-order chi connectivity index (χ0) is 18.9. The van der Waals surface area contributed by atoms with Crippen LogP contribution in [0.15, 0.2) is 33.4 Å². The summed E-state index contributed by atoms with van der Waals surface area (Å²) in [7, 11) is 0. The molecule has 4 rings (SSSR count). The molecular weight excluding hydrogens is 354 g/mol. The monoisotopic (exact) mass is 373 g/mol. The van der Waals surface area contributed by atoms with E-state index in [-0.39, 0.29) is 25.5 Å². The third-order valence-corrected chi connectivity index (χ3v) is 4.95. The Balaban J connectivity index is 1.27. The maximum atomic E-state index is 12.5. The Hall–Kier alpha value is -3.10. The van der Waals surface area contributed by atoms with Crippen molar-refractivity contribution >= 4 is 17.9 Å². The lowest BCUT2D eigenvalue weighted by Gasteiger charge is -2.19. The van der Waals surface area contributed by atoms with Gasteiger partial charge < -0.3 is 19.0 Å². The summed E-state index contributed by atoms with van der Waals surface area (Å²) in [6, 6.07) is 4.64. The molecule has 0 atom stereocenters. The number of furan rings is 1. The molecule has 1 saturated heterocycles. The normalized spacial score (nSPS) is 18.3. The largest absolute Gasteiger partial charge is 0.461 e. The Morgan fingerprint density at radius 1 is 1.30 bits per heavy atom. The van der Waals surface area contributed by atoms with E-state index in [4.69, 9.17) is 13.7 Å². The molecule has 0 aromatic carbocycles. The molecule has 9 heteroatoms. The van der Waals surface area contributed by atoms with Crippen molar-refractivity contribution in [2.24, 2.45) is 0 Å². The molecule has 2 aliphatic rings. The molecule has 2 aromatic rings. The molecule has 2 fully saturated rings. The fourth-order valence-electron chi connectivity index (χ4n) is 3.54. The zero-order valence-electron chi connectivity index (χ0n) is 14.6. The lowest BCUT2D eigenvalue weighted by molar-refractivity contribution is -0.145. The van der Waals surface area contributed by atoms with Crippen LogP contribution < -0.4 is 5.32 Å². The smallest absolute Gasteiger partial charge is 0.325 e. The molecule has 1 spiro atoms. The van der Waals surface area contributed by atoms with Crippen LogP contribution in [0.3, 0.4) is 0 Å². The fraction of sp³-hybridized carbons (Fsp3) is 0.444. The van der Waals surface area contributed by atoms with Gasteiger partial charge in [-0.05, 0) is 25.0 Å². The molecule has 142 valence electrons. The van der Waals surface area contributed by atoms with Gasteiger partial charge in [-0.15, -0.1) is 0 Å². The summed E-state index contributed by atoms with van der Waals surface area (Å²) in [5.74, 6) is 0.203. The highest BCUT2D eigenvalue weighted by molar-refractivity contribution is 6.07. The Morgan fingerprint density at radius 2 is 2.11 bits per heavy atom. The van der Waals surface area contributed by atoms with Gasteiger partial charge in [0.1, 0.15) is 17.8 Å². The molecule has 3 heterocycles. The Labute approximate surface area is 154 Å². The van der Waals surface area contributed by atoms with Crippen LogP contribution >= 0.6 is 0 Å². The van der Waals surface area contributed by atoms with Crippen molar-refractivity contribution < 1.29 is 28.1 Å². The fourth-order valence-corrected chi connectivity index (χ4v) is 3.54. The van der Waals surface area contributed by atoms with Crippen molar-refractivity contribution in [3.05, 3.63) is 30.2 Å². The van der Waals surface area contributed by atoms with Crippen LogP contribution in [0.5, 0.6) is 0 Å². The summed E-state index contributed by atoms with van der Waals surface area (Å²) in [6.07, 6.45) is 4.59. The van der Waals surface area contributed by atoms with Crippen LogP contribution in [0.1, 0.15) is 37.8 Å². The quantitative estimate of drug-likeness (QED) is 0.610. The summed E-state index contributed by atoms with van der Waals surface area (Å²) in [5, 5.41) is 6.59. The highest BCUT2D eigenvalue weighted by Gasteiger charge is 2.52. The Bertz CT molecular complexity index is 850. The molecular formula is C18H19N3O6. The molecule has 1 N–H and O–H groups in total. The predicted octanol–water partition coefficient (Wildman–Crippen LogP) is 2.23. The molecule has 1 aliphatic carbocycles. The van der Waals surface area contributed by atoms with Gasteiger partial charge in [0.2, 0.25) is 5.76 Å². The van der Waals surface area contributed by atoms with E-state index in [1.807, 2.05) is 0 Å². The number of nitrogens with one attached hydrogen (secondary N) is 1. The van der Waals surface area contributed by atoms with Gasteiger partial charge in [-0.25, -0.2) is 4.79 Å². The zero-order valence-corrected chi connectivity index (χ0v) is 14.6. The van der Waals surface area contributed by atoms with Gasteiger partial charge in [0.05, 0.1) is 12.7 Å². The van der Waals surface area contributed by atoms with Crippen molar-refractivity contribution in [1.82, 2.24) is 15.4 Å². The van der Waals surface area contributed by atoms with E-state index in [2.05, 4.69) is 10.5 Å². The number of esters is 1. The number of imide groups is 1. The molecule has 3 amide bonds. The minimum atomic E-state index is -0.760. The van der Waals surface area contributed by atoms with Crippen molar-refractivity contribution in [2.75, 3.05) is 6.54 Å². The van der Waals surface area contributed by atoms with Gasteiger partial charge in [0.25, 0.3) is 5.91 Å². The van der Waals surface area contributed by atoms with E-state index in [0.717, 1.165) is 17.7 Å². The molecule has 1 saturated carbocycles. The lowest BCUT2D eigenvalue weighted by Crippen LogP contribution is -2.44. The van der Waals surface area contributed by atoms with E-state index in [1.165, 1.54) is 6.26 Å². The standard InChI is InChI=1S/C18H19N3O6/c22-15(26-11-12-10-14(27-20-12)13-4-3-9-25-13)5-8-21-16(23)18(19-17(21)24)6-1-2-7-18/h3-4,9-10H,1-2,5-8,11H2,(H,19,24). The van der Waals surface area contributed by atoms with Crippen molar-refractivity contribution in [3.63, 3.8) is 0 Å². The van der Waals surface area contributed by atoms with Gasteiger partial charge in [-0.3, -0.25) is 14.5 Å². The number of aromatic nitrogens is 1. The van der Waals surface area contributed by atoms with Crippen LogP contribution in [0.25, 0.3) is 11.5 Å². The molecule has 1 aliphatic heterocycles. The van der Waals surface area contributed by atoms with Crippen LogP contribution in [0.4, 0.5) is 4.79 Å². The molecule has 9 nitrogen and oxygen atoms in total. The van der Waals surface area contributed by atoms with Crippen molar-refractivity contribution in [2.45, 2.75) is 44.2 Å². The molecule has 0 radical (unpaired) electrons. The molecule has 2 aromatic heterocycles. The summed E-state index contributed by atoms with van der Waals surface area (Å²) in [4.78, 5) is 37.6. The van der Waals surface area contributed by atoms with Crippen LogP contribution in [0, 0.1) is 0 Å². The van der Waals surface area contributed by atoms with Crippen LogP contribution in [0.2, 0.25) is 0 Å². The third-order valence-electron chi connectivity index (χ3n) is 4.95. The number of carbonyl (C=O) groups is 3. The highest BCUT2D eigenvalue weighted by atomic mass is 16.5. The first kappa shape index (κ1) is 17.3. The first-order chi connectivity index (χ1) is 13.1. The lowest BCUT2D eigenvalue weighted by atomic mass is 9.98. The van der Waals surface area contributed by atoms with Crippen molar-refractivity contribution in [3.8, 4) is 11.5 Å². The number of nitrogens with zero attached hydrogens (tertiary/aromatic N) is 2. The van der Waals surface area contributed by atoms with Gasteiger partial charge in [-0.2, -0.15) is 0 Å². The molecule has 27 heavy (non-hydrogen) atoms. The molecule has 0 unspecified atom stereocenters. The summed E-state index contributed by atoms with van der Waals surface area (Å²) in [5.41, 5.74) is -0.320. The maximum absolute atomic E-state index is 12.5. The predicted molar refractivity (Wildman–Crippen MR) is 90.1 cm³/mol. The van der Waals surface area contributed by atoms with Gasteiger partial charge >= 0.3 is 12.0 Å². The summed E-state index contributed by atoms with van der Waals surface area (Å²) < 4.78 is 15.5. The average molecular weight is 373 g/mol. The van der Waals surface area contributed by atoms with E-state index >= 15 is 0 Å². The number of rotatable bonds is 6. The van der Waals surface area contributed by atoms with Gasteiger partial charge in [0, 0.05) is 12.6 Å². The number of urea groups is 1. The van der Waals surface area contributed by atoms with Gasteiger partial charge in [-0.1, -0.05) is 18.0 Å². The van der Waals surface area contributed by atoms with E-state index in [0.29, 0.717) is 30.1 Å². The Morgan fingerprint density at radius 3 is 2.85 bits per heavy atom. The van der Waals surface area contributed by atoms with Gasteiger partial charge in [0.15, 0.2) is 5.76 Å². The SMILES string of the molecule is O=C(CCN1C(=O)NC2(CCCC2)C1=O)OCc1cc(-c2ccco2)on1. The minimum Gasteiger partial charge on any atom is -0.461 e. The van der Waals surface area contributed by atoms with Crippen LogP contribution in [-0.2, 0) is 20.9 Å². The summed E-state index contributed by atoms with van der Waals surface area (Å²) in [6.45, 7) is -0.0607. The number of amides is 3. The number of hydrogen-bond donors (Lipinski definition) is 1. The maximum Gasteiger partial charge on any atom is 0.325 e. The van der Waals surface area contributed by atoms with Crippen molar-refractivity contribution in [1.29, 1.82) is 0 Å².